The average molecular weight is 645 g/mol. The van der Waals surface area contributed by atoms with Crippen molar-refractivity contribution in [3.63, 3.8) is 0 Å². The average Bonchev–Trinajstić information content (AvgIpc) is 3.01. The number of aryl methyl sites for hydroxylation is 2. The van der Waals surface area contributed by atoms with E-state index in [2.05, 4.69) is 38.5 Å². The van der Waals surface area contributed by atoms with Crippen molar-refractivity contribution in [2.45, 2.75) is 78.0 Å². The minimum atomic E-state index is -4.17. The quantitative estimate of drug-likeness (QED) is 0.246. The zero-order valence-electron chi connectivity index (χ0n) is 27.0. The smallest absolute Gasteiger partial charge is 0.264 e. The molecule has 3 heterocycles. The number of rotatable bonds is 8. The van der Waals surface area contributed by atoms with E-state index in [0.29, 0.717) is 23.7 Å². The SMILES string of the molecule is CCC(C)Oc1cnc(CN2C(=O)c3cccc(c3)S(=O)(=O)Nc3nc(cc(-c4c(C)cccc4C)n3)OC[C@H]2CC(C)C)nc1. The third-order valence-electron chi connectivity index (χ3n) is 7.83. The second kappa shape index (κ2) is 13.8. The maximum atomic E-state index is 14.2. The molecule has 0 aliphatic carbocycles. The number of amides is 1. The van der Waals surface area contributed by atoms with Crippen LogP contribution >= 0.6 is 0 Å². The van der Waals surface area contributed by atoms with Crippen molar-refractivity contribution >= 4 is 21.9 Å². The fraction of sp³-hybridized carbons (Fsp3) is 0.382. The molecule has 5 rings (SSSR count). The summed E-state index contributed by atoms with van der Waals surface area (Å²) >= 11 is 0. The molecule has 2 aromatic carbocycles. The molecule has 11 nitrogen and oxygen atoms in total. The molecule has 1 unspecified atom stereocenters. The summed E-state index contributed by atoms with van der Waals surface area (Å²) in [6.45, 7) is 12.2. The highest BCUT2D eigenvalue weighted by molar-refractivity contribution is 7.92. The Morgan fingerprint density at radius 1 is 1.02 bits per heavy atom. The molecule has 46 heavy (non-hydrogen) atoms. The van der Waals surface area contributed by atoms with Crippen LogP contribution in [0, 0.1) is 19.8 Å². The molecule has 1 aliphatic rings. The van der Waals surface area contributed by atoms with Gasteiger partial charge in [0.05, 0.1) is 41.7 Å². The van der Waals surface area contributed by atoms with Crippen molar-refractivity contribution < 1.29 is 22.7 Å². The van der Waals surface area contributed by atoms with Gasteiger partial charge in [0.15, 0.2) is 5.75 Å². The molecule has 1 amide bonds. The van der Waals surface area contributed by atoms with Crippen LogP contribution in [0.2, 0.25) is 0 Å². The molecule has 4 bridgehead atoms. The molecule has 2 atom stereocenters. The van der Waals surface area contributed by atoms with Gasteiger partial charge in [-0.3, -0.25) is 4.79 Å². The lowest BCUT2D eigenvalue weighted by molar-refractivity contribution is 0.0545. The Bertz CT molecular complexity index is 1790. The zero-order chi connectivity index (χ0) is 33.0. The van der Waals surface area contributed by atoms with Gasteiger partial charge < -0.3 is 14.4 Å². The second-order valence-corrected chi connectivity index (χ2v) is 13.7. The summed E-state index contributed by atoms with van der Waals surface area (Å²) in [5, 5.41) is 0. The number of fused-ring (bicyclic) bond motifs is 4. The molecule has 0 fully saturated rings. The molecule has 2 aromatic heterocycles. The number of anilines is 1. The van der Waals surface area contributed by atoms with E-state index in [4.69, 9.17) is 9.47 Å². The van der Waals surface area contributed by atoms with E-state index in [1.807, 2.05) is 45.9 Å². The highest BCUT2D eigenvalue weighted by atomic mass is 32.2. The highest BCUT2D eigenvalue weighted by Crippen LogP contribution is 2.30. The topological polar surface area (TPSA) is 136 Å². The van der Waals surface area contributed by atoms with Crippen LogP contribution in [-0.4, -0.2) is 57.9 Å². The van der Waals surface area contributed by atoms with E-state index in [1.165, 1.54) is 12.1 Å². The fourth-order valence-electron chi connectivity index (χ4n) is 5.36. The van der Waals surface area contributed by atoms with Gasteiger partial charge in [0, 0.05) is 17.2 Å². The molecule has 4 aromatic rings. The first kappa shape index (κ1) is 32.8. The minimum absolute atomic E-state index is 0.0123. The summed E-state index contributed by atoms with van der Waals surface area (Å²) < 4.78 is 41.8. The van der Waals surface area contributed by atoms with Crippen molar-refractivity contribution in [1.29, 1.82) is 0 Å². The van der Waals surface area contributed by atoms with Gasteiger partial charge in [0.1, 0.15) is 12.4 Å². The Morgan fingerprint density at radius 2 is 1.72 bits per heavy atom. The Labute approximate surface area is 270 Å². The number of sulfonamides is 1. The molecule has 1 aliphatic heterocycles. The van der Waals surface area contributed by atoms with E-state index >= 15 is 0 Å². The zero-order valence-corrected chi connectivity index (χ0v) is 27.8. The van der Waals surface area contributed by atoms with Gasteiger partial charge in [-0.15, -0.1) is 0 Å². The van der Waals surface area contributed by atoms with Crippen LogP contribution in [0.5, 0.6) is 11.6 Å². The molecule has 0 saturated heterocycles. The van der Waals surface area contributed by atoms with Crippen LogP contribution in [0.3, 0.4) is 0 Å². The van der Waals surface area contributed by atoms with Crippen LogP contribution in [0.15, 0.2) is 65.8 Å². The van der Waals surface area contributed by atoms with E-state index in [0.717, 1.165) is 23.1 Å². The van der Waals surface area contributed by atoms with Gasteiger partial charge in [-0.25, -0.2) is 28.1 Å². The minimum Gasteiger partial charge on any atom is -0.487 e. The van der Waals surface area contributed by atoms with Gasteiger partial charge in [0.25, 0.3) is 15.9 Å². The first-order valence-electron chi connectivity index (χ1n) is 15.4. The maximum Gasteiger partial charge on any atom is 0.264 e. The van der Waals surface area contributed by atoms with E-state index in [9.17, 15) is 13.2 Å². The van der Waals surface area contributed by atoms with E-state index in [-0.39, 0.29) is 53.4 Å². The summed E-state index contributed by atoms with van der Waals surface area (Å²) in [4.78, 5) is 33.8. The van der Waals surface area contributed by atoms with Crippen molar-refractivity contribution in [1.82, 2.24) is 24.8 Å². The summed E-state index contributed by atoms with van der Waals surface area (Å²) in [5.41, 5.74) is 3.52. The van der Waals surface area contributed by atoms with E-state index in [1.54, 1.807) is 35.5 Å². The molecule has 12 heteroatoms. The maximum absolute atomic E-state index is 14.2. The third-order valence-corrected chi connectivity index (χ3v) is 9.16. The molecule has 0 saturated carbocycles. The number of benzene rings is 2. The number of carbonyl (C=O) groups is 1. The number of hydrogen-bond acceptors (Lipinski definition) is 9. The number of aromatic nitrogens is 4. The normalized spacial score (nSPS) is 16.8. The van der Waals surface area contributed by atoms with Crippen LogP contribution in [-0.2, 0) is 16.6 Å². The lowest BCUT2D eigenvalue weighted by Gasteiger charge is -2.32. The second-order valence-electron chi connectivity index (χ2n) is 12.0. The van der Waals surface area contributed by atoms with Gasteiger partial charge in [-0.05, 0) is 68.9 Å². The molecule has 242 valence electrons. The van der Waals surface area contributed by atoms with Crippen molar-refractivity contribution in [3.8, 4) is 22.9 Å². The van der Waals surface area contributed by atoms with Gasteiger partial charge >= 0.3 is 0 Å². The summed E-state index contributed by atoms with van der Waals surface area (Å²) in [6.07, 6.45) is 4.65. The van der Waals surface area contributed by atoms with Crippen LogP contribution in [0.1, 0.15) is 67.8 Å². The molecule has 0 radical (unpaired) electrons. The fourth-order valence-corrected chi connectivity index (χ4v) is 6.35. The first-order valence-corrected chi connectivity index (χ1v) is 16.9. The standard InChI is InChI=1S/C34H40N6O5S/c1-7-24(6)45-27-17-35-30(36-18-27)19-40-26(14-21(2)3)20-44-31-16-29(32-22(4)10-8-11-23(32)5)37-34(38-31)39-46(42,43)28-13-9-12-25(15-28)33(40)41/h8-13,15-18,21,24,26H,7,14,19-20H2,1-6H3,(H,37,38,39)/t24?,26-/m1/s1. The summed E-state index contributed by atoms with van der Waals surface area (Å²) in [5.74, 6) is 0.835. The molecular weight excluding hydrogens is 604 g/mol. The molecule has 0 spiro atoms. The highest BCUT2D eigenvalue weighted by Gasteiger charge is 2.30. The first-order chi connectivity index (χ1) is 21.9. The molecule has 1 N–H and O–H groups in total. The monoisotopic (exact) mass is 644 g/mol. The van der Waals surface area contributed by atoms with Crippen molar-refractivity contribution in [3.05, 3.63) is 83.4 Å². The third kappa shape index (κ3) is 7.61. The lowest BCUT2D eigenvalue weighted by atomic mass is 10.00. The number of ether oxygens (including phenoxy) is 2. The van der Waals surface area contributed by atoms with E-state index < -0.39 is 16.1 Å². The Morgan fingerprint density at radius 3 is 2.39 bits per heavy atom. The van der Waals surface area contributed by atoms with Gasteiger partial charge in [0.2, 0.25) is 11.8 Å². The predicted octanol–water partition coefficient (Wildman–Crippen LogP) is 5.98. The summed E-state index contributed by atoms with van der Waals surface area (Å²) in [7, 11) is -4.17. The Kier molecular flexibility index (Phi) is 9.85. The number of nitrogens with one attached hydrogen (secondary N) is 1. The lowest BCUT2D eigenvalue weighted by Crippen LogP contribution is -2.44. The molecular formula is C34H40N6O5S. The van der Waals surface area contributed by atoms with Gasteiger partial charge in [-0.1, -0.05) is 45.0 Å². The van der Waals surface area contributed by atoms with Crippen LogP contribution in [0.25, 0.3) is 11.3 Å². The van der Waals surface area contributed by atoms with Gasteiger partial charge in [-0.2, -0.15) is 4.98 Å². The number of nitrogens with zero attached hydrogens (tertiary/aromatic N) is 5. The Hall–Kier alpha value is -4.58. The largest absolute Gasteiger partial charge is 0.487 e. The predicted molar refractivity (Wildman–Crippen MR) is 175 cm³/mol. The van der Waals surface area contributed by atoms with Crippen molar-refractivity contribution in [2.75, 3.05) is 11.3 Å². The summed E-state index contributed by atoms with van der Waals surface area (Å²) in [6, 6.07) is 13.1. The van der Waals surface area contributed by atoms with Crippen LogP contribution in [0.4, 0.5) is 5.95 Å². The van der Waals surface area contributed by atoms with Crippen molar-refractivity contribution in [2.24, 2.45) is 5.92 Å². The Balaban J connectivity index is 1.60. The van der Waals surface area contributed by atoms with Crippen LogP contribution < -0.4 is 14.2 Å². The number of hydrogen-bond donors (Lipinski definition) is 1. The number of carbonyl (C=O) groups excluding carboxylic acids is 1.